The third-order valence-corrected chi connectivity index (χ3v) is 3.01. The van der Waals surface area contributed by atoms with Gasteiger partial charge < -0.3 is 5.11 Å². The van der Waals surface area contributed by atoms with Crippen molar-refractivity contribution in [1.82, 2.24) is 0 Å². The maximum absolute atomic E-state index is 9.77. The van der Waals surface area contributed by atoms with Crippen molar-refractivity contribution in [1.29, 1.82) is 0 Å². The molecule has 15 heavy (non-hydrogen) atoms. The minimum atomic E-state index is 0.332. The van der Waals surface area contributed by atoms with Crippen molar-refractivity contribution >= 4 is 11.8 Å². The minimum Gasteiger partial charge on any atom is -0.507 e. The van der Waals surface area contributed by atoms with Gasteiger partial charge in [0.15, 0.2) is 0 Å². The van der Waals surface area contributed by atoms with Crippen LogP contribution in [0.15, 0.2) is 53.4 Å². The minimum absolute atomic E-state index is 0.332. The summed E-state index contributed by atoms with van der Waals surface area (Å²) in [6, 6.07) is 15.6. The first kappa shape index (κ1) is 10.1. The zero-order valence-electron chi connectivity index (χ0n) is 8.47. The molecule has 1 N–H and O–H groups in total. The summed E-state index contributed by atoms with van der Waals surface area (Å²) in [5.41, 5.74) is 1.94. The van der Waals surface area contributed by atoms with Gasteiger partial charge in [-0.2, -0.15) is 0 Å². The molecule has 2 heteroatoms. The van der Waals surface area contributed by atoms with E-state index in [2.05, 4.69) is 0 Å². The van der Waals surface area contributed by atoms with Gasteiger partial charge in [0.1, 0.15) is 5.75 Å². The molecule has 0 atom stereocenters. The third-order valence-electron chi connectivity index (χ3n) is 2.29. The molecule has 0 fully saturated rings. The van der Waals surface area contributed by atoms with Gasteiger partial charge in [-0.1, -0.05) is 30.3 Å². The molecule has 0 unspecified atom stereocenters. The third kappa shape index (κ3) is 2.16. The molecule has 0 heterocycles. The molecule has 0 aliphatic carbocycles. The Morgan fingerprint density at radius 3 is 2.40 bits per heavy atom. The predicted molar refractivity (Wildman–Crippen MR) is 65.3 cm³/mol. The smallest absolute Gasteiger partial charge is 0.123 e. The van der Waals surface area contributed by atoms with E-state index in [1.807, 2.05) is 48.7 Å². The monoisotopic (exact) mass is 216 g/mol. The summed E-state index contributed by atoms with van der Waals surface area (Å²) in [4.78, 5) is 1.16. The zero-order chi connectivity index (χ0) is 10.7. The maximum Gasteiger partial charge on any atom is 0.123 e. The van der Waals surface area contributed by atoms with Gasteiger partial charge in [0.05, 0.1) is 0 Å². The summed E-state index contributed by atoms with van der Waals surface area (Å²) >= 11 is 1.68. The molecular formula is C13H12OS. The molecule has 0 aromatic heterocycles. The van der Waals surface area contributed by atoms with E-state index in [9.17, 15) is 5.11 Å². The fraction of sp³-hybridized carbons (Fsp3) is 0.0769. The van der Waals surface area contributed by atoms with Crippen LogP contribution < -0.4 is 0 Å². The summed E-state index contributed by atoms with van der Waals surface area (Å²) in [6.07, 6.45) is 2.03. The molecule has 0 radical (unpaired) electrons. The molecule has 76 valence electrons. The molecule has 0 amide bonds. The Morgan fingerprint density at radius 1 is 1.00 bits per heavy atom. The van der Waals surface area contributed by atoms with Crippen molar-refractivity contribution in [2.24, 2.45) is 0 Å². The van der Waals surface area contributed by atoms with Crippen LogP contribution >= 0.6 is 11.8 Å². The van der Waals surface area contributed by atoms with Gasteiger partial charge in [0.2, 0.25) is 0 Å². The fourth-order valence-corrected chi connectivity index (χ4v) is 1.93. The van der Waals surface area contributed by atoms with Crippen molar-refractivity contribution in [2.45, 2.75) is 4.90 Å². The summed E-state index contributed by atoms with van der Waals surface area (Å²) in [7, 11) is 0. The molecule has 2 aromatic rings. The van der Waals surface area contributed by atoms with Crippen molar-refractivity contribution in [3.05, 3.63) is 48.5 Å². The summed E-state index contributed by atoms with van der Waals surface area (Å²) in [6.45, 7) is 0. The fourth-order valence-electron chi connectivity index (χ4n) is 1.49. The highest BCUT2D eigenvalue weighted by Crippen LogP contribution is 2.32. The first-order valence-corrected chi connectivity index (χ1v) is 5.96. The van der Waals surface area contributed by atoms with Gasteiger partial charge in [-0.05, 0) is 30.0 Å². The lowest BCUT2D eigenvalue weighted by Gasteiger charge is -2.06. The zero-order valence-corrected chi connectivity index (χ0v) is 9.29. The Balaban J connectivity index is 2.52. The van der Waals surface area contributed by atoms with E-state index in [4.69, 9.17) is 0 Å². The molecule has 0 spiro atoms. The van der Waals surface area contributed by atoms with Crippen LogP contribution in [0.3, 0.4) is 0 Å². The van der Waals surface area contributed by atoms with E-state index in [1.165, 1.54) is 0 Å². The number of aromatic hydroxyl groups is 1. The first-order chi connectivity index (χ1) is 7.31. The average Bonchev–Trinajstić information content (AvgIpc) is 2.31. The number of thioether (sulfide) groups is 1. The molecule has 2 aromatic carbocycles. The maximum atomic E-state index is 9.77. The average molecular weight is 216 g/mol. The van der Waals surface area contributed by atoms with Gasteiger partial charge in [0.25, 0.3) is 0 Å². The number of phenolic OH excluding ortho intramolecular Hbond substituents is 1. The van der Waals surface area contributed by atoms with Crippen LogP contribution in [0.25, 0.3) is 11.1 Å². The topological polar surface area (TPSA) is 20.2 Å². The summed E-state index contributed by atoms with van der Waals surface area (Å²) in [5, 5.41) is 9.77. The van der Waals surface area contributed by atoms with Crippen molar-refractivity contribution in [2.75, 3.05) is 6.26 Å². The van der Waals surface area contributed by atoms with E-state index in [-0.39, 0.29) is 0 Å². The Bertz CT molecular complexity index is 451. The Kier molecular flexibility index (Phi) is 2.97. The summed E-state index contributed by atoms with van der Waals surface area (Å²) < 4.78 is 0. The standard InChI is InChI=1S/C13H12OS/c1-15-11-7-8-13(14)12(9-11)10-5-3-2-4-6-10/h2-9,14H,1H3. The first-order valence-electron chi connectivity index (χ1n) is 4.73. The van der Waals surface area contributed by atoms with E-state index >= 15 is 0 Å². The molecular weight excluding hydrogens is 204 g/mol. The van der Waals surface area contributed by atoms with Crippen LogP contribution in [0.4, 0.5) is 0 Å². The van der Waals surface area contributed by atoms with Gasteiger partial charge >= 0.3 is 0 Å². The van der Waals surface area contributed by atoms with E-state index in [0.29, 0.717) is 5.75 Å². The quantitative estimate of drug-likeness (QED) is 0.771. The van der Waals surface area contributed by atoms with E-state index < -0.39 is 0 Å². The van der Waals surface area contributed by atoms with E-state index in [1.54, 1.807) is 17.8 Å². The lowest BCUT2D eigenvalue weighted by Crippen LogP contribution is -1.79. The largest absolute Gasteiger partial charge is 0.507 e. The molecule has 1 nitrogen and oxygen atoms in total. The second kappa shape index (κ2) is 4.41. The van der Waals surface area contributed by atoms with Crippen LogP contribution in [0, 0.1) is 0 Å². The van der Waals surface area contributed by atoms with Crippen LogP contribution in [0.5, 0.6) is 5.75 Å². The number of benzene rings is 2. The molecule has 0 aliphatic heterocycles. The molecule has 0 aliphatic rings. The number of hydrogen-bond acceptors (Lipinski definition) is 2. The predicted octanol–water partition coefficient (Wildman–Crippen LogP) is 3.78. The van der Waals surface area contributed by atoms with Crippen LogP contribution in [-0.2, 0) is 0 Å². The molecule has 0 saturated carbocycles. The van der Waals surface area contributed by atoms with Crippen LogP contribution in [-0.4, -0.2) is 11.4 Å². The highest BCUT2D eigenvalue weighted by molar-refractivity contribution is 7.98. The molecule has 0 saturated heterocycles. The molecule has 0 bridgehead atoms. The lowest BCUT2D eigenvalue weighted by molar-refractivity contribution is 0.477. The Labute approximate surface area is 93.8 Å². The van der Waals surface area contributed by atoms with Gasteiger partial charge in [0, 0.05) is 10.5 Å². The van der Waals surface area contributed by atoms with Crippen molar-refractivity contribution in [3.63, 3.8) is 0 Å². The summed E-state index contributed by atoms with van der Waals surface area (Å²) in [5.74, 6) is 0.332. The van der Waals surface area contributed by atoms with Gasteiger partial charge in [-0.3, -0.25) is 0 Å². The number of rotatable bonds is 2. The number of hydrogen-bond donors (Lipinski definition) is 1. The lowest BCUT2D eigenvalue weighted by atomic mass is 10.1. The van der Waals surface area contributed by atoms with Crippen molar-refractivity contribution in [3.8, 4) is 16.9 Å². The number of phenols is 1. The Hall–Kier alpha value is -1.41. The van der Waals surface area contributed by atoms with Crippen molar-refractivity contribution < 1.29 is 5.11 Å². The SMILES string of the molecule is CSc1ccc(O)c(-c2ccccc2)c1. The normalized spacial score (nSPS) is 10.2. The van der Waals surface area contributed by atoms with Gasteiger partial charge in [-0.25, -0.2) is 0 Å². The second-order valence-corrected chi connectivity index (χ2v) is 4.13. The van der Waals surface area contributed by atoms with E-state index in [0.717, 1.165) is 16.0 Å². The Morgan fingerprint density at radius 2 is 1.73 bits per heavy atom. The highest BCUT2D eigenvalue weighted by Gasteiger charge is 2.04. The second-order valence-electron chi connectivity index (χ2n) is 3.25. The van der Waals surface area contributed by atoms with Crippen LogP contribution in [0.1, 0.15) is 0 Å². The van der Waals surface area contributed by atoms with Crippen LogP contribution in [0.2, 0.25) is 0 Å². The van der Waals surface area contributed by atoms with Gasteiger partial charge in [-0.15, -0.1) is 11.8 Å². The highest BCUT2D eigenvalue weighted by atomic mass is 32.2. The molecule has 2 rings (SSSR count).